The maximum Gasteiger partial charge on any atom is 0.298 e. The molecule has 0 radical (unpaired) electrons. The van der Waals surface area contributed by atoms with E-state index in [2.05, 4.69) is 19.2 Å². The van der Waals surface area contributed by atoms with Crippen LogP contribution in [0.3, 0.4) is 0 Å². The highest BCUT2D eigenvalue weighted by molar-refractivity contribution is 7.04. The number of aromatic nitrogens is 4. The molecule has 0 aliphatic carbocycles. The topological polar surface area (TPSA) is 77.9 Å². The van der Waals surface area contributed by atoms with Crippen LogP contribution in [-0.2, 0) is 4.79 Å². The van der Waals surface area contributed by atoms with E-state index in [1.807, 2.05) is 11.4 Å². The van der Waals surface area contributed by atoms with Gasteiger partial charge in [-0.2, -0.15) is 0 Å². The first-order valence-electron chi connectivity index (χ1n) is 5.18. The van der Waals surface area contributed by atoms with E-state index in [-0.39, 0.29) is 0 Å². The van der Waals surface area contributed by atoms with Crippen molar-refractivity contribution in [2.45, 2.75) is 0 Å². The summed E-state index contributed by atoms with van der Waals surface area (Å²) in [5, 5.41) is 11.7. The average molecular weight is 290 g/mol. The van der Waals surface area contributed by atoms with Gasteiger partial charge in [-0.05, 0) is 29.1 Å². The molecule has 6 nitrogen and oxygen atoms in total. The maximum absolute atomic E-state index is 10.6. The molecule has 0 fully saturated rings. The van der Waals surface area contributed by atoms with Gasteiger partial charge in [-0.3, -0.25) is 4.79 Å². The van der Waals surface area contributed by atoms with Crippen molar-refractivity contribution < 1.29 is 9.53 Å². The normalized spacial score (nSPS) is 10.3. The molecule has 0 saturated carbocycles. The minimum absolute atomic E-state index is 0.391. The molecule has 0 unspecified atom stereocenters. The summed E-state index contributed by atoms with van der Waals surface area (Å²) in [5.41, 5.74) is 2.85. The van der Waals surface area contributed by atoms with Crippen molar-refractivity contribution in [3.05, 3.63) is 29.0 Å². The second-order valence-corrected chi connectivity index (χ2v) is 4.69. The third-order valence-corrected chi connectivity index (χ3v) is 3.46. The number of benzene rings is 1. The van der Waals surface area contributed by atoms with Crippen LogP contribution in [-0.4, -0.2) is 25.6 Å². The number of carbonyl (C=O) groups excluding carboxylic acids is 1. The van der Waals surface area contributed by atoms with Crippen LogP contribution in [0.5, 0.6) is 5.75 Å². The Bertz CT molecular complexity index is 683. The van der Waals surface area contributed by atoms with Crippen LogP contribution in [0.15, 0.2) is 29.0 Å². The lowest BCUT2D eigenvalue weighted by atomic mass is 10.0. The van der Waals surface area contributed by atoms with E-state index in [1.54, 1.807) is 17.5 Å². The average Bonchev–Trinajstić information content (AvgIpc) is 3.12. The largest absolute Gasteiger partial charge is 0.428 e. The van der Waals surface area contributed by atoms with Gasteiger partial charge in [0.05, 0.1) is 5.56 Å². The van der Waals surface area contributed by atoms with Crippen molar-refractivity contribution in [3.8, 4) is 28.3 Å². The minimum Gasteiger partial charge on any atom is -0.428 e. The number of nitrogens with zero attached hydrogens (tertiary/aromatic N) is 4. The van der Waals surface area contributed by atoms with Gasteiger partial charge in [0.1, 0.15) is 17.1 Å². The summed E-state index contributed by atoms with van der Waals surface area (Å²) in [7, 11) is 0. The van der Waals surface area contributed by atoms with E-state index in [9.17, 15) is 4.79 Å². The predicted molar refractivity (Wildman–Crippen MR) is 70.9 cm³/mol. The van der Waals surface area contributed by atoms with Gasteiger partial charge in [-0.25, -0.2) is 0 Å². The summed E-state index contributed by atoms with van der Waals surface area (Å²) in [6, 6.07) is 5.37. The Kier molecular flexibility index (Phi) is 3.25. The SMILES string of the molecule is O=COc1cccc(-c2csnn2)c1-c1csnn1. The molecule has 19 heavy (non-hydrogen) atoms. The van der Waals surface area contributed by atoms with Gasteiger partial charge >= 0.3 is 0 Å². The molecule has 0 spiro atoms. The molecule has 2 aromatic heterocycles. The molecule has 3 rings (SSSR count). The lowest BCUT2D eigenvalue weighted by molar-refractivity contribution is -0.120. The highest BCUT2D eigenvalue weighted by atomic mass is 32.1. The fourth-order valence-corrected chi connectivity index (χ4v) is 2.62. The van der Waals surface area contributed by atoms with Gasteiger partial charge in [-0.15, -0.1) is 10.2 Å². The molecule has 0 aliphatic rings. The molecular formula is C11H6N4O2S2. The van der Waals surface area contributed by atoms with Gasteiger partial charge in [-0.1, -0.05) is 21.1 Å². The van der Waals surface area contributed by atoms with E-state index in [0.717, 1.165) is 5.56 Å². The van der Waals surface area contributed by atoms with Crippen LogP contribution >= 0.6 is 23.1 Å². The van der Waals surface area contributed by atoms with Crippen LogP contribution in [0.4, 0.5) is 0 Å². The van der Waals surface area contributed by atoms with Crippen LogP contribution < -0.4 is 4.74 Å². The van der Waals surface area contributed by atoms with Gasteiger partial charge in [0.2, 0.25) is 0 Å². The molecule has 1 aromatic carbocycles. The minimum atomic E-state index is 0.391. The maximum atomic E-state index is 10.6. The lowest BCUT2D eigenvalue weighted by Crippen LogP contribution is -1.95. The Morgan fingerprint density at radius 1 is 1.05 bits per heavy atom. The highest BCUT2D eigenvalue weighted by Crippen LogP contribution is 2.37. The first kappa shape index (κ1) is 11.9. The molecule has 2 heterocycles. The first-order chi connectivity index (χ1) is 9.40. The van der Waals surface area contributed by atoms with Crippen molar-refractivity contribution in [3.63, 3.8) is 0 Å². The fourth-order valence-electron chi connectivity index (χ4n) is 1.71. The van der Waals surface area contributed by atoms with Gasteiger partial charge in [0.25, 0.3) is 6.47 Å². The third-order valence-electron chi connectivity index (χ3n) is 2.45. The van der Waals surface area contributed by atoms with Crippen LogP contribution in [0.2, 0.25) is 0 Å². The summed E-state index contributed by atoms with van der Waals surface area (Å²) >= 11 is 2.48. The fraction of sp³-hybridized carbons (Fsp3) is 0. The van der Waals surface area contributed by atoms with Crippen molar-refractivity contribution >= 4 is 29.5 Å². The molecule has 94 valence electrons. The van der Waals surface area contributed by atoms with E-state index < -0.39 is 0 Å². The molecule has 0 saturated heterocycles. The molecule has 0 amide bonds. The molecule has 0 bridgehead atoms. The zero-order valence-electron chi connectivity index (χ0n) is 9.39. The Balaban J connectivity index is 2.24. The zero-order chi connectivity index (χ0) is 13.1. The Labute approximate surface area is 116 Å². The van der Waals surface area contributed by atoms with Crippen LogP contribution in [0.1, 0.15) is 0 Å². The predicted octanol–water partition coefficient (Wildman–Crippen LogP) is 2.26. The van der Waals surface area contributed by atoms with E-state index in [0.29, 0.717) is 29.2 Å². The summed E-state index contributed by atoms with van der Waals surface area (Å²) in [5.74, 6) is 0.424. The second kappa shape index (κ2) is 5.21. The summed E-state index contributed by atoms with van der Waals surface area (Å²) < 4.78 is 12.7. The quantitative estimate of drug-likeness (QED) is 0.686. The standard InChI is InChI=1S/C11H6N4O2S2/c16-6-17-10-3-1-2-7(8-4-18-14-12-8)11(10)9-5-19-15-13-9/h1-6H. The van der Waals surface area contributed by atoms with Crippen LogP contribution in [0.25, 0.3) is 22.5 Å². The molecule has 0 N–H and O–H groups in total. The number of ether oxygens (including phenoxy) is 1. The van der Waals surface area contributed by atoms with E-state index in [1.165, 1.54) is 23.1 Å². The van der Waals surface area contributed by atoms with E-state index >= 15 is 0 Å². The van der Waals surface area contributed by atoms with Crippen molar-refractivity contribution in [1.29, 1.82) is 0 Å². The van der Waals surface area contributed by atoms with Crippen molar-refractivity contribution in [2.24, 2.45) is 0 Å². The molecule has 0 atom stereocenters. The summed E-state index contributed by atoms with van der Waals surface area (Å²) in [6.45, 7) is 0.391. The number of carbonyl (C=O) groups is 1. The molecule has 3 aromatic rings. The van der Waals surface area contributed by atoms with Gasteiger partial charge in [0, 0.05) is 16.3 Å². The highest BCUT2D eigenvalue weighted by Gasteiger charge is 2.17. The lowest BCUT2D eigenvalue weighted by Gasteiger charge is -2.08. The Morgan fingerprint density at radius 3 is 2.42 bits per heavy atom. The monoisotopic (exact) mass is 290 g/mol. The Hall–Kier alpha value is -2.19. The second-order valence-electron chi connectivity index (χ2n) is 3.47. The molecular weight excluding hydrogens is 284 g/mol. The molecule has 8 heteroatoms. The van der Waals surface area contributed by atoms with E-state index in [4.69, 9.17) is 4.74 Å². The first-order valence-corrected chi connectivity index (χ1v) is 6.85. The number of hydrogen-bond acceptors (Lipinski definition) is 8. The van der Waals surface area contributed by atoms with Crippen molar-refractivity contribution in [1.82, 2.24) is 19.2 Å². The summed E-state index contributed by atoms with van der Waals surface area (Å²) in [6.07, 6.45) is 0. The van der Waals surface area contributed by atoms with Gasteiger partial charge < -0.3 is 4.74 Å². The van der Waals surface area contributed by atoms with Crippen molar-refractivity contribution in [2.75, 3.05) is 0 Å². The smallest absolute Gasteiger partial charge is 0.298 e. The zero-order valence-corrected chi connectivity index (χ0v) is 11.0. The third kappa shape index (κ3) is 2.23. The summed E-state index contributed by atoms with van der Waals surface area (Å²) in [4.78, 5) is 10.6. The number of hydrogen-bond donors (Lipinski definition) is 0. The Morgan fingerprint density at radius 2 is 1.79 bits per heavy atom. The van der Waals surface area contributed by atoms with Crippen LogP contribution in [0, 0.1) is 0 Å². The van der Waals surface area contributed by atoms with Gasteiger partial charge in [0.15, 0.2) is 0 Å². The number of rotatable bonds is 4. The molecule has 0 aliphatic heterocycles.